The molecule has 0 aromatic heterocycles. The highest BCUT2D eigenvalue weighted by Crippen LogP contribution is 2.10. The van der Waals surface area contributed by atoms with Crippen LogP contribution in [0, 0.1) is 0 Å². The molecule has 2 N–H and O–H groups in total. The molecule has 4 nitrogen and oxygen atoms in total. The van der Waals surface area contributed by atoms with E-state index in [0.717, 1.165) is 45.1 Å². The largest absolute Gasteiger partial charge is 0.313 e. The first-order valence-corrected chi connectivity index (χ1v) is 8.46. The van der Waals surface area contributed by atoms with Gasteiger partial charge in [-0.1, -0.05) is 26.7 Å². The molecule has 5 heteroatoms. The average molecular weight is 262 g/mol. The molecular weight excluding hydrogens is 236 g/mol. The van der Waals surface area contributed by atoms with Crippen molar-refractivity contribution in [1.82, 2.24) is 10.0 Å². The maximum absolute atomic E-state index is 12.0. The Morgan fingerprint density at radius 1 is 1.35 bits per heavy atom. The Morgan fingerprint density at radius 2 is 2.12 bits per heavy atom. The van der Waals surface area contributed by atoms with Gasteiger partial charge in [0.25, 0.3) is 0 Å². The van der Waals surface area contributed by atoms with Crippen molar-refractivity contribution in [3.63, 3.8) is 0 Å². The van der Waals surface area contributed by atoms with Crippen molar-refractivity contribution in [3.05, 3.63) is 0 Å². The second kappa shape index (κ2) is 7.34. The maximum Gasteiger partial charge on any atom is 0.213 e. The number of piperidine rings is 1. The minimum Gasteiger partial charge on any atom is -0.313 e. The van der Waals surface area contributed by atoms with Gasteiger partial charge >= 0.3 is 0 Å². The van der Waals surface area contributed by atoms with Gasteiger partial charge in [-0.15, -0.1) is 0 Å². The lowest BCUT2D eigenvalue weighted by Gasteiger charge is -2.24. The Kier molecular flexibility index (Phi) is 6.44. The van der Waals surface area contributed by atoms with Gasteiger partial charge < -0.3 is 5.32 Å². The molecule has 2 unspecified atom stereocenters. The highest BCUT2D eigenvalue weighted by atomic mass is 32.2. The first-order valence-electron chi connectivity index (χ1n) is 6.80. The molecule has 0 saturated carbocycles. The SMILES string of the molecule is CCCC(CC)NS(=O)(=O)CC1CCCCN1. The van der Waals surface area contributed by atoms with E-state index in [4.69, 9.17) is 0 Å². The van der Waals surface area contributed by atoms with Gasteiger partial charge in [-0.3, -0.25) is 0 Å². The summed E-state index contributed by atoms with van der Waals surface area (Å²) in [6.07, 6.45) is 6.09. The summed E-state index contributed by atoms with van der Waals surface area (Å²) in [6.45, 7) is 5.06. The Labute approximate surface area is 106 Å². The fraction of sp³-hybridized carbons (Fsp3) is 1.00. The molecule has 1 aliphatic rings. The van der Waals surface area contributed by atoms with E-state index in [2.05, 4.69) is 17.0 Å². The van der Waals surface area contributed by atoms with Gasteiger partial charge in [0.2, 0.25) is 10.0 Å². The third-order valence-corrected chi connectivity index (χ3v) is 4.84. The highest BCUT2D eigenvalue weighted by molar-refractivity contribution is 7.89. The van der Waals surface area contributed by atoms with E-state index in [0.29, 0.717) is 0 Å². The summed E-state index contributed by atoms with van der Waals surface area (Å²) in [7, 11) is -3.13. The van der Waals surface area contributed by atoms with Crippen LogP contribution in [-0.4, -0.2) is 32.8 Å². The van der Waals surface area contributed by atoms with Gasteiger partial charge in [-0.05, 0) is 32.2 Å². The molecule has 0 amide bonds. The molecule has 0 radical (unpaired) electrons. The van der Waals surface area contributed by atoms with Crippen LogP contribution in [0.25, 0.3) is 0 Å². The third kappa shape index (κ3) is 5.84. The summed E-state index contributed by atoms with van der Waals surface area (Å²) in [5, 5.41) is 3.28. The Bertz CT molecular complexity index is 285. The number of sulfonamides is 1. The lowest BCUT2D eigenvalue weighted by molar-refractivity contribution is 0.420. The van der Waals surface area contributed by atoms with E-state index >= 15 is 0 Å². The first kappa shape index (κ1) is 14.9. The van der Waals surface area contributed by atoms with Gasteiger partial charge in [0.1, 0.15) is 0 Å². The highest BCUT2D eigenvalue weighted by Gasteiger charge is 2.22. The monoisotopic (exact) mass is 262 g/mol. The zero-order valence-corrected chi connectivity index (χ0v) is 11.9. The van der Waals surface area contributed by atoms with Gasteiger partial charge in [0.05, 0.1) is 5.75 Å². The minimum absolute atomic E-state index is 0.105. The predicted octanol–water partition coefficient (Wildman–Crippen LogP) is 1.63. The van der Waals surface area contributed by atoms with E-state index in [9.17, 15) is 8.42 Å². The van der Waals surface area contributed by atoms with Crippen LogP contribution in [0.15, 0.2) is 0 Å². The number of hydrogen-bond acceptors (Lipinski definition) is 3. The van der Waals surface area contributed by atoms with E-state index in [1.54, 1.807) is 0 Å². The van der Waals surface area contributed by atoms with Crippen molar-refractivity contribution in [1.29, 1.82) is 0 Å². The zero-order valence-electron chi connectivity index (χ0n) is 11.0. The van der Waals surface area contributed by atoms with E-state index in [-0.39, 0.29) is 17.8 Å². The van der Waals surface area contributed by atoms with Gasteiger partial charge in [-0.25, -0.2) is 13.1 Å². The smallest absolute Gasteiger partial charge is 0.213 e. The summed E-state index contributed by atoms with van der Waals surface area (Å²) >= 11 is 0. The molecule has 0 spiro atoms. The third-order valence-electron chi connectivity index (χ3n) is 3.31. The first-order chi connectivity index (χ1) is 8.07. The van der Waals surface area contributed by atoms with E-state index in [1.807, 2.05) is 6.92 Å². The van der Waals surface area contributed by atoms with Crippen LogP contribution < -0.4 is 10.0 Å². The van der Waals surface area contributed by atoms with Crippen molar-refractivity contribution in [3.8, 4) is 0 Å². The normalized spacial score (nSPS) is 23.5. The van der Waals surface area contributed by atoms with Crippen LogP contribution in [0.4, 0.5) is 0 Å². The van der Waals surface area contributed by atoms with Crippen LogP contribution in [0.5, 0.6) is 0 Å². The Hall–Kier alpha value is -0.130. The van der Waals surface area contributed by atoms with Crippen molar-refractivity contribution in [2.45, 2.75) is 64.5 Å². The fourth-order valence-electron chi connectivity index (χ4n) is 2.33. The van der Waals surface area contributed by atoms with Gasteiger partial charge in [-0.2, -0.15) is 0 Å². The summed E-state index contributed by atoms with van der Waals surface area (Å²) < 4.78 is 26.8. The van der Waals surface area contributed by atoms with E-state index < -0.39 is 10.0 Å². The fourth-order valence-corrected chi connectivity index (χ4v) is 4.03. The molecule has 0 bridgehead atoms. The second-order valence-corrected chi connectivity index (χ2v) is 6.74. The number of hydrogen-bond donors (Lipinski definition) is 2. The molecule has 0 aromatic carbocycles. The molecule has 102 valence electrons. The Morgan fingerprint density at radius 3 is 2.65 bits per heavy atom. The molecule has 1 aliphatic heterocycles. The van der Waals surface area contributed by atoms with Gasteiger partial charge in [0.15, 0.2) is 0 Å². The van der Waals surface area contributed by atoms with Crippen molar-refractivity contribution < 1.29 is 8.42 Å². The molecule has 17 heavy (non-hydrogen) atoms. The molecule has 0 aliphatic carbocycles. The van der Waals surface area contributed by atoms with Crippen LogP contribution in [0.3, 0.4) is 0 Å². The molecule has 2 atom stereocenters. The van der Waals surface area contributed by atoms with E-state index in [1.165, 1.54) is 0 Å². The predicted molar refractivity (Wildman–Crippen MR) is 71.6 cm³/mol. The summed E-state index contributed by atoms with van der Waals surface area (Å²) in [6, 6.07) is 0.244. The molecule has 1 saturated heterocycles. The summed E-state index contributed by atoms with van der Waals surface area (Å²) in [5.74, 6) is 0.229. The quantitative estimate of drug-likeness (QED) is 0.733. The van der Waals surface area contributed by atoms with Crippen molar-refractivity contribution >= 4 is 10.0 Å². The second-order valence-electron chi connectivity index (χ2n) is 4.94. The van der Waals surface area contributed by atoms with Gasteiger partial charge in [0, 0.05) is 12.1 Å². The van der Waals surface area contributed by atoms with Crippen molar-refractivity contribution in [2.75, 3.05) is 12.3 Å². The molecule has 0 aromatic rings. The van der Waals surface area contributed by atoms with Crippen molar-refractivity contribution in [2.24, 2.45) is 0 Å². The van der Waals surface area contributed by atoms with Crippen LogP contribution in [-0.2, 0) is 10.0 Å². The zero-order chi connectivity index (χ0) is 12.7. The topological polar surface area (TPSA) is 58.2 Å². The standard InChI is InChI=1S/C12H26N2O2S/c1-3-7-11(4-2)14-17(15,16)10-12-8-5-6-9-13-12/h11-14H,3-10H2,1-2H3. The average Bonchev–Trinajstić information content (AvgIpc) is 2.29. The number of nitrogens with one attached hydrogen (secondary N) is 2. The lowest BCUT2D eigenvalue weighted by atomic mass is 10.1. The molecular formula is C12H26N2O2S. The lowest BCUT2D eigenvalue weighted by Crippen LogP contribution is -2.45. The number of rotatable bonds is 7. The van der Waals surface area contributed by atoms with Crippen LogP contribution in [0.2, 0.25) is 0 Å². The maximum atomic E-state index is 12.0. The van der Waals surface area contributed by atoms with Crippen LogP contribution >= 0.6 is 0 Å². The summed E-state index contributed by atoms with van der Waals surface area (Å²) in [4.78, 5) is 0. The molecule has 1 heterocycles. The molecule has 1 fully saturated rings. The summed E-state index contributed by atoms with van der Waals surface area (Å²) in [5.41, 5.74) is 0. The minimum atomic E-state index is -3.13. The molecule has 1 rings (SSSR count). The Balaban J connectivity index is 2.43. The van der Waals surface area contributed by atoms with Crippen LogP contribution in [0.1, 0.15) is 52.4 Å².